The van der Waals surface area contributed by atoms with Gasteiger partial charge in [0.05, 0.1) is 0 Å². The van der Waals surface area contributed by atoms with Crippen molar-refractivity contribution in [2.45, 2.75) is 13.1 Å². The van der Waals surface area contributed by atoms with Crippen molar-refractivity contribution >= 4 is 28.9 Å². The van der Waals surface area contributed by atoms with Gasteiger partial charge in [0.15, 0.2) is 0 Å². The first kappa shape index (κ1) is 20.0. The number of rotatable bonds is 6. The van der Waals surface area contributed by atoms with Crippen LogP contribution in [0.2, 0.25) is 0 Å². The Labute approximate surface area is 177 Å². The summed E-state index contributed by atoms with van der Waals surface area (Å²) in [6.45, 7) is 1.79. The van der Waals surface area contributed by atoms with Gasteiger partial charge in [-0.2, -0.15) is 0 Å². The number of aryl methyl sites for hydroxylation is 1. The third kappa shape index (κ3) is 3.77. The molecule has 0 aliphatic heterocycles. The van der Waals surface area contributed by atoms with Crippen molar-refractivity contribution in [1.29, 1.82) is 0 Å². The van der Waals surface area contributed by atoms with Crippen LogP contribution in [-0.4, -0.2) is 4.92 Å². The summed E-state index contributed by atoms with van der Waals surface area (Å²) in [4.78, 5) is 11.3. The van der Waals surface area contributed by atoms with Crippen molar-refractivity contribution in [3.05, 3.63) is 130 Å². The number of benzene rings is 4. The first-order chi connectivity index (χ1) is 14.6. The second kappa shape index (κ2) is 8.61. The number of hydrogen-bond acceptors (Lipinski definition) is 2. The average molecular weight is 413 g/mol. The van der Waals surface area contributed by atoms with Crippen molar-refractivity contribution in [1.82, 2.24) is 0 Å². The average Bonchev–Trinajstić information content (AvgIpc) is 2.80. The number of nitro benzene ring substituents is 1. The predicted molar refractivity (Wildman–Crippen MR) is 128 cm³/mol. The quantitative estimate of drug-likeness (QED) is 0.250. The fraction of sp³-hybridized carbons (Fsp3) is 0.0769. The molecule has 0 radical (unpaired) electrons. The van der Waals surface area contributed by atoms with Crippen LogP contribution in [0.5, 0.6) is 0 Å². The second-order valence-electron chi connectivity index (χ2n) is 7.56. The maximum absolute atomic E-state index is 11.6. The first-order valence-corrected chi connectivity index (χ1v) is 12.2. The van der Waals surface area contributed by atoms with E-state index in [0.29, 0.717) is 5.56 Å². The topological polar surface area (TPSA) is 43.1 Å². The van der Waals surface area contributed by atoms with E-state index < -0.39 is 7.26 Å². The van der Waals surface area contributed by atoms with Crippen LogP contribution < -0.4 is 15.9 Å². The van der Waals surface area contributed by atoms with E-state index in [-0.39, 0.29) is 10.6 Å². The molecule has 0 aliphatic carbocycles. The molecule has 0 saturated carbocycles. The fourth-order valence-electron chi connectivity index (χ4n) is 4.24. The molecule has 0 N–H and O–H groups in total. The fourth-order valence-corrected chi connectivity index (χ4v) is 8.97. The molecule has 4 aromatic rings. The van der Waals surface area contributed by atoms with Crippen LogP contribution in [0.4, 0.5) is 5.69 Å². The van der Waals surface area contributed by atoms with Gasteiger partial charge in [0.1, 0.15) is 0 Å². The van der Waals surface area contributed by atoms with E-state index in [1.165, 1.54) is 15.9 Å². The summed E-state index contributed by atoms with van der Waals surface area (Å²) in [7, 11) is -2.46. The van der Waals surface area contributed by atoms with E-state index >= 15 is 0 Å². The van der Waals surface area contributed by atoms with Crippen molar-refractivity contribution in [3.63, 3.8) is 0 Å². The van der Waals surface area contributed by atoms with Crippen LogP contribution in [-0.2, 0) is 6.16 Å². The zero-order valence-electron chi connectivity index (χ0n) is 16.9. The molecule has 4 aromatic carbocycles. The zero-order valence-corrected chi connectivity index (χ0v) is 17.9. The normalized spacial score (nSPS) is 11.8. The number of nitro groups is 1. The minimum atomic E-state index is -2.46. The molecule has 0 bridgehead atoms. The Morgan fingerprint density at radius 3 is 1.53 bits per heavy atom. The molecule has 4 heteroatoms. The Hall–Kier alpha value is -3.29. The first-order valence-electron chi connectivity index (χ1n) is 10.0. The molecule has 0 aliphatic rings. The summed E-state index contributed by atoms with van der Waals surface area (Å²) in [6.07, 6.45) is 0.756. The predicted octanol–water partition coefficient (Wildman–Crippen LogP) is 5.13. The molecule has 0 heterocycles. The zero-order chi connectivity index (χ0) is 21.0. The van der Waals surface area contributed by atoms with Crippen molar-refractivity contribution in [3.8, 4) is 0 Å². The van der Waals surface area contributed by atoms with Gasteiger partial charge in [0.25, 0.3) is 0 Å². The summed E-state index contributed by atoms with van der Waals surface area (Å²) >= 11 is 0. The summed E-state index contributed by atoms with van der Waals surface area (Å²) in [5, 5.41) is 15.5. The van der Waals surface area contributed by atoms with Crippen molar-refractivity contribution in [2.75, 3.05) is 0 Å². The van der Waals surface area contributed by atoms with Crippen LogP contribution in [0.1, 0.15) is 11.1 Å². The maximum atomic E-state index is 11.6. The van der Waals surface area contributed by atoms with E-state index in [1.807, 2.05) is 30.3 Å². The van der Waals surface area contributed by atoms with Crippen LogP contribution in [0, 0.1) is 17.0 Å². The van der Waals surface area contributed by atoms with Crippen LogP contribution in [0.15, 0.2) is 109 Å². The molecule has 0 aromatic heterocycles. The molecular formula is C26H24NO2P. The van der Waals surface area contributed by atoms with Crippen molar-refractivity contribution < 1.29 is 4.92 Å². The van der Waals surface area contributed by atoms with Gasteiger partial charge >= 0.3 is 177 Å². The van der Waals surface area contributed by atoms with E-state index in [1.54, 1.807) is 13.0 Å². The Kier molecular flexibility index (Phi) is 5.74. The SMILES string of the molecule is Cc1ccc(C[PH](c2ccccc2)(c2ccccc2)c2ccccc2)cc1[N+](=O)[O-]. The molecule has 0 unspecified atom stereocenters. The van der Waals surface area contributed by atoms with E-state index in [4.69, 9.17) is 0 Å². The number of hydrogen-bond donors (Lipinski definition) is 0. The minimum absolute atomic E-state index is 0.185. The van der Waals surface area contributed by atoms with E-state index in [0.717, 1.165) is 11.7 Å². The Bertz CT molecular complexity index is 1050. The van der Waals surface area contributed by atoms with Crippen molar-refractivity contribution in [2.24, 2.45) is 0 Å². The molecule has 30 heavy (non-hydrogen) atoms. The molecular weight excluding hydrogens is 389 g/mol. The molecule has 0 fully saturated rings. The van der Waals surface area contributed by atoms with Gasteiger partial charge in [0, 0.05) is 0 Å². The summed E-state index contributed by atoms with van der Waals surface area (Å²) in [5.74, 6) is 0. The third-order valence-corrected chi connectivity index (χ3v) is 10.6. The standard InChI is InChI=1S/C26H24NO2P/c1-21-17-18-22(19-26(21)27(28)29)20-30(23-11-5-2-6-12-23,24-13-7-3-8-14-24)25-15-9-4-10-16-25/h2-19,30H,20H2,1H3. The summed E-state index contributed by atoms with van der Waals surface area (Å²) in [6, 6.07) is 37.5. The summed E-state index contributed by atoms with van der Waals surface area (Å²) < 4.78 is 0. The van der Waals surface area contributed by atoms with Gasteiger partial charge in [-0.15, -0.1) is 0 Å². The van der Waals surface area contributed by atoms with E-state index in [2.05, 4.69) is 72.8 Å². The third-order valence-electron chi connectivity index (χ3n) is 5.74. The van der Waals surface area contributed by atoms with Gasteiger partial charge in [-0.3, -0.25) is 0 Å². The Morgan fingerprint density at radius 2 is 1.13 bits per heavy atom. The molecule has 150 valence electrons. The van der Waals surface area contributed by atoms with Gasteiger partial charge < -0.3 is 0 Å². The Morgan fingerprint density at radius 1 is 0.700 bits per heavy atom. The monoisotopic (exact) mass is 413 g/mol. The number of nitrogens with zero attached hydrogens (tertiary/aromatic N) is 1. The molecule has 0 atom stereocenters. The van der Waals surface area contributed by atoms with Crippen LogP contribution in [0.25, 0.3) is 0 Å². The van der Waals surface area contributed by atoms with Gasteiger partial charge in [0.2, 0.25) is 0 Å². The molecule has 0 saturated heterocycles. The molecule has 0 amide bonds. The van der Waals surface area contributed by atoms with E-state index in [9.17, 15) is 10.1 Å². The Balaban J connectivity index is 1.98. The van der Waals surface area contributed by atoms with Crippen LogP contribution >= 0.6 is 7.26 Å². The second-order valence-corrected chi connectivity index (χ2v) is 11.5. The summed E-state index contributed by atoms with van der Waals surface area (Å²) in [5.41, 5.74) is 1.87. The van der Waals surface area contributed by atoms with Gasteiger partial charge in [-0.25, -0.2) is 0 Å². The molecule has 4 rings (SSSR count). The molecule has 3 nitrogen and oxygen atoms in total. The van der Waals surface area contributed by atoms with Gasteiger partial charge in [-0.1, -0.05) is 0 Å². The molecule has 0 spiro atoms. The van der Waals surface area contributed by atoms with Crippen LogP contribution in [0.3, 0.4) is 0 Å². The van der Waals surface area contributed by atoms with Gasteiger partial charge in [-0.05, 0) is 0 Å².